The van der Waals surface area contributed by atoms with E-state index in [9.17, 15) is 0 Å². The van der Waals surface area contributed by atoms with Crippen LogP contribution >= 0.6 is 11.8 Å². The minimum atomic E-state index is 0.0658. The summed E-state index contributed by atoms with van der Waals surface area (Å²) in [4.78, 5) is 5.58. The molecule has 0 aromatic carbocycles. The van der Waals surface area contributed by atoms with E-state index < -0.39 is 0 Å². The molecule has 0 aliphatic carbocycles. The average Bonchev–Trinajstić information content (AvgIpc) is 2.23. The summed E-state index contributed by atoms with van der Waals surface area (Å²) in [6.45, 7) is 3.79. The Labute approximate surface area is 94.4 Å². The Morgan fingerprint density at radius 3 is 2.87 bits per heavy atom. The highest BCUT2D eigenvalue weighted by Crippen LogP contribution is 2.27. The number of hydrogen-bond acceptors (Lipinski definition) is 4. The van der Waals surface area contributed by atoms with Gasteiger partial charge in [0, 0.05) is 17.1 Å². The number of ether oxygens (including phenoxy) is 1. The average molecular weight is 224 g/mol. The van der Waals surface area contributed by atoms with Crippen molar-refractivity contribution in [2.24, 2.45) is 5.73 Å². The van der Waals surface area contributed by atoms with E-state index in [1.807, 2.05) is 24.0 Å². The molecular formula is C11H16N2OS. The largest absolute Gasteiger partial charge is 0.379 e. The monoisotopic (exact) mass is 224 g/mol. The normalized spacial score (nSPS) is 18.5. The Hall–Kier alpha value is -0.580. The minimum Gasteiger partial charge on any atom is -0.379 e. The lowest BCUT2D eigenvalue weighted by atomic mass is 10.1. The van der Waals surface area contributed by atoms with E-state index in [4.69, 9.17) is 10.5 Å². The second-order valence-corrected chi connectivity index (χ2v) is 5.08. The van der Waals surface area contributed by atoms with Crippen LogP contribution < -0.4 is 5.73 Å². The maximum absolute atomic E-state index is 5.89. The Kier molecular flexibility index (Phi) is 3.61. The summed E-state index contributed by atoms with van der Waals surface area (Å²) in [6, 6.07) is 4.19. The highest BCUT2D eigenvalue weighted by Gasteiger charge is 2.19. The zero-order valence-electron chi connectivity index (χ0n) is 8.85. The first-order valence-corrected chi connectivity index (χ1v) is 6.13. The fraction of sp³-hybridized carbons (Fsp3) is 0.545. The predicted octanol–water partition coefficient (Wildman–Crippen LogP) is 1.98. The molecule has 1 aliphatic rings. The first kappa shape index (κ1) is 10.9. The maximum Gasteiger partial charge on any atom is 0.0611 e. The number of hydrogen-bond donors (Lipinski definition) is 1. The molecule has 4 heteroatoms. The predicted molar refractivity (Wildman–Crippen MR) is 61.9 cm³/mol. The van der Waals surface area contributed by atoms with Gasteiger partial charge in [-0.3, -0.25) is 4.98 Å². The van der Waals surface area contributed by atoms with Crippen molar-refractivity contribution in [3.63, 3.8) is 0 Å². The van der Waals surface area contributed by atoms with E-state index in [1.165, 1.54) is 4.90 Å². The minimum absolute atomic E-state index is 0.0658. The van der Waals surface area contributed by atoms with Crippen LogP contribution in [-0.2, 0) is 4.74 Å². The van der Waals surface area contributed by atoms with Crippen molar-refractivity contribution in [3.8, 4) is 0 Å². The molecule has 0 spiro atoms. The van der Waals surface area contributed by atoms with E-state index in [-0.39, 0.29) is 6.04 Å². The number of thioether (sulfide) groups is 1. The van der Waals surface area contributed by atoms with Gasteiger partial charge < -0.3 is 10.5 Å². The van der Waals surface area contributed by atoms with Crippen molar-refractivity contribution >= 4 is 11.8 Å². The molecule has 1 atom stereocenters. The summed E-state index contributed by atoms with van der Waals surface area (Å²) in [5, 5.41) is 0.609. The summed E-state index contributed by atoms with van der Waals surface area (Å²) >= 11 is 1.83. The molecule has 2 rings (SSSR count). The van der Waals surface area contributed by atoms with Gasteiger partial charge in [0.15, 0.2) is 0 Å². The van der Waals surface area contributed by atoms with Crippen LogP contribution in [0.3, 0.4) is 0 Å². The molecule has 1 aliphatic heterocycles. The number of aromatic nitrogens is 1. The Morgan fingerprint density at radius 1 is 1.60 bits per heavy atom. The summed E-state index contributed by atoms with van der Waals surface area (Å²) in [7, 11) is 0. The van der Waals surface area contributed by atoms with Crippen LogP contribution in [0.1, 0.15) is 25.1 Å². The summed E-state index contributed by atoms with van der Waals surface area (Å²) in [5.74, 6) is 0. The van der Waals surface area contributed by atoms with Crippen molar-refractivity contribution in [1.82, 2.24) is 4.98 Å². The van der Waals surface area contributed by atoms with Crippen LogP contribution in [0, 0.1) is 0 Å². The van der Waals surface area contributed by atoms with Crippen LogP contribution in [0.5, 0.6) is 0 Å². The van der Waals surface area contributed by atoms with Gasteiger partial charge in [-0.25, -0.2) is 0 Å². The summed E-state index contributed by atoms with van der Waals surface area (Å²) in [6.07, 6.45) is 2.84. The number of pyridine rings is 1. The number of nitrogens with two attached hydrogens (primary N) is 1. The highest BCUT2D eigenvalue weighted by atomic mass is 32.2. The molecule has 3 nitrogen and oxygen atoms in total. The first-order chi connectivity index (χ1) is 7.29. The van der Waals surface area contributed by atoms with Gasteiger partial charge in [-0.1, -0.05) is 6.92 Å². The topological polar surface area (TPSA) is 48.1 Å². The van der Waals surface area contributed by atoms with Crippen LogP contribution in [0.2, 0.25) is 0 Å². The van der Waals surface area contributed by atoms with Crippen molar-refractivity contribution in [2.75, 3.05) is 13.2 Å². The molecule has 2 N–H and O–H groups in total. The lowest BCUT2D eigenvalue weighted by Gasteiger charge is -2.25. The van der Waals surface area contributed by atoms with Crippen molar-refractivity contribution in [2.45, 2.75) is 29.5 Å². The van der Waals surface area contributed by atoms with Gasteiger partial charge in [-0.2, -0.15) is 0 Å². The van der Waals surface area contributed by atoms with Gasteiger partial charge >= 0.3 is 0 Å². The van der Waals surface area contributed by atoms with Gasteiger partial charge in [0.1, 0.15) is 0 Å². The number of rotatable bonds is 4. The fourth-order valence-electron chi connectivity index (χ4n) is 1.36. The van der Waals surface area contributed by atoms with E-state index in [0.29, 0.717) is 5.25 Å². The maximum atomic E-state index is 5.89. The van der Waals surface area contributed by atoms with E-state index in [2.05, 4.69) is 18.0 Å². The molecule has 0 unspecified atom stereocenters. The molecule has 1 saturated heterocycles. The van der Waals surface area contributed by atoms with Crippen molar-refractivity contribution < 1.29 is 4.74 Å². The van der Waals surface area contributed by atoms with E-state index in [1.54, 1.807) is 0 Å². The Balaban J connectivity index is 1.96. The zero-order chi connectivity index (χ0) is 10.7. The highest BCUT2D eigenvalue weighted by molar-refractivity contribution is 8.00. The Bertz CT molecular complexity index is 311. The van der Waals surface area contributed by atoms with Crippen LogP contribution in [0.25, 0.3) is 0 Å². The van der Waals surface area contributed by atoms with Gasteiger partial charge in [-0.05, 0) is 18.6 Å². The molecule has 2 heterocycles. The number of nitrogens with zero attached hydrogens (tertiary/aromatic N) is 1. The molecule has 15 heavy (non-hydrogen) atoms. The van der Waals surface area contributed by atoms with E-state index >= 15 is 0 Å². The van der Waals surface area contributed by atoms with Crippen LogP contribution in [0.15, 0.2) is 23.2 Å². The lowest BCUT2D eigenvalue weighted by molar-refractivity contribution is 0.0455. The smallest absolute Gasteiger partial charge is 0.0611 e. The quantitative estimate of drug-likeness (QED) is 0.849. The fourth-order valence-corrected chi connectivity index (χ4v) is 2.34. The third-order valence-corrected chi connectivity index (χ3v) is 3.61. The first-order valence-electron chi connectivity index (χ1n) is 5.25. The second kappa shape index (κ2) is 4.96. The lowest BCUT2D eigenvalue weighted by Crippen LogP contribution is -2.30. The second-order valence-electron chi connectivity index (χ2n) is 3.71. The van der Waals surface area contributed by atoms with Crippen molar-refractivity contribution in [1.29, 1.82) is 0 Å². The summed E-state index contributed by atoms with van der Waals surface area (Å²) in [5.41, 5.74) is 6.87. The SMILES string of the molecule is CC[C@@H](N)c1ccc(SC2COC2)cn1. The van der Waals surface area contributed by atoms with Crippen molar-refractivity contribution in [3.05, 3.63) is 24.0 Å². The van der Waals surface area contributed by atoms with Gasteiger partial charge in [0.25, 0.3) is 0 Å². The molecule has 1 aromatic heterocycles. The summed E-state index contributed by atoms with van der Waals surface area (Å²) < 4.78 is 5.13. The molecule has 1 fully saturated rings. The standard InChI is InChI=1S/C11H16N2OS/c1-2-10(12)11-4-3-8(5-13-11)15-9-6-14-7-9/h3-5,9-10H,2,6-7,12H2,1H3/t10-/m1/s1. The van der Waals surface area contributed by atoms with Crippen LogP contribution in [0.4, 0.5) is 0 Å². The van der Waals surface area contributed by atoms with Crippen LogP contribution in [-0.4, -0.2) is 23.4 Å². The Morgan fingerprint density at radius 2 is 2.40 bits per heavy atom. The molecule has 0 radical (unpaired) electrons. The third kappa shape index (κ3) is 2.71. The molecule has 1 aromatic rings. The van der Waals surface area contributed by atoms with Gasteiger partial charge in [-0.15, -0.1) is 11.8 Å². The molecule has 0 saturated carbocycles. The van der Waals surface area contributed by atoms with Gasteiger partial charge in [0.05, 0.1) is 24.2 Å². The molecule has 0 bridgehead atoms. The third-order valence-electron chi connectivity index (χ3n) is 2.49. The van der Waals surface area contributed by atoms with Gasteiger partial charge in [0.2, 0.25) is 0 Å². The molecule has 0 amide bonds. The molecular weight excluding hydrogens is 208 g/mol. The molecule has 82 valence electrons. The zero-order valence-corrected chi connectivity index (χ0v) is 9.67. The van der Waals surface area contributed by atoms with E-state index in [0.717, 1.165) is 25.3 Å².